The van der Waals surface area contributed by atoms with Crippen LogP contribution in [0.4, 0.5) is 13.2 Å². The normalized spacial score (nSPS) is 18.1. The molecule has 0 aliphatic heterocycles. The van der Waals surface area contributed by atoms with E-state index in [4.69, 9.17) is 4.74 Å². The fourth-order valence-electron chi connectivity index (χ4n) is 3.23. The molecule has 0 amide bonds. The number of nitrogens with one attached hydrogen (secondary N) is 1. The van der Waals surface area contributed by atoms with E-state index in [1.165, 1.54) is 12.1 Å². The second-order valence-corrected chi connectivity index (χ2v) is 10.8. The van der Waals surface area contributed by atoms with Gasteiger partial charge >= 0.3 is 5.92 Å². The molecule has 7 heteroatoms. The van der Waals surface area contributed by atoms with Gasteiger partial charge in [0.1, 0.15) is 16.2 Å². The number of alkyl halides is 2. The van der Waals surface area contributed by atoms with E-state index in [2.05, 4.69) is 4.72 Å². The van der Waals surface area contributed by atoms with Crippen molar-refractivity contribution < 1.29 is 22.5 Å². The summed E-state index contributed by atoms with van der Waals surface area (Å²) in [6.45, 7) is 7.00. The van der Waals surface area contributed by atoms with Gasteiger partial charge in [-0.3, -0.25) is 0 Å². The zero-order chi connectivity index (χ0) is 22.2. The molecule has 0 heterocycles. The van der Waals surface area contributed by atoms with Crippen molar-refractivity contribution in [3.8, 4) is 0 Å². The molecular weight excluding hydrogens is 411 g/mol. The molecule has 0 saturated heterocycles. The molecule has 0 radical (unpaired) electrons. The van der Waals surface area contributed by atoms with Crippen molar-refractivity contribution in [2.24, 2.45) is 0 Å². The molecule has 3 nitrogen and oxygen atoms in total. The van der Waals surface area contributed by atoms with E-state index >= 15 is 13.2 Å². The van der Waals surface area contributed by atoms with Gasteiger partial charge in [-0.1, -0.05) is 42.5 Å². The molecule has 2 aromatic rings. The molecule has 2 aromatic carbocycles. The highest BCUT2D eigenvalue weighted by Gasteiger charge is 2.65. The lowest BCUT2D eigenvalue weighted by Gasteiger charge is -2.30. The first-order valence-electron chi connectivity index (χ1n) is 10.0. The van der Waals surface area contributed by atoms with Crippen LogP contribution in [0.1, 0.15) is 63.3 Å². The standard InChI is InChI=1S/C23H28F3NO2S/c1-16(27-30(28)21(2,3)4)18-11-8-12-19(20(18)24)23(25,26)22(13-14-22)29-15-17-9-6-5-7-10-17/h5-12,16,27H,13-15H2,1-4H3/t16-,30?/m1/s1. The van der Waals surface area contributed by atoms with Gasteiger partial charge in [0.25, 0.3) is 0 Å². The summed E-state index contributed by atoms with van der Waals surface area (Å²) in [5.74, 6) is -4.46. The molecule has 164 valence electrons. The minimum Gasteiger partial charge on any atom is -0.598 e. The topological polar surface area (TPSA) is 44.3 Å². The quantitative estimate of drug-likeness (QED) is 0.530. The van der Waals surface area contributed by atoms with Gasteiger partial charge in [-0.2, -0.15) is 8.78 Å². The summed E-state index contributed by atoms with van der Waals surface area (Å²) in [4.78, 5) is 0. The first-order chi connectivity index (χ1) is 14.0. The van der Waals surface area contributed by atoms with Gasteiger partial charge < -0.3 is 9.29 Å². The van der Waals surface area contributed by atoms with Crippen LogP contribution in [0.25, 0.3) is 0 Å². The van der Waals surface area contributed by atoms with E-state index in [0.29, 0.717) is 0 Å². The minimum absolute atomic E-state index is 0.0419. The summed E-state index contributed by atoms with van der Waals surface area (Å²) in [5, 5.41) is 0. The van der Waals surface area contributed by atoms with Crippen LogP contribution in [-0.2, 0) is 28.6 Å². The van der Waals surface area contributed by atoms with Crippen LogP contribution < -0.4 is 4.72 Å². The predicted octanol–water partition coefficient (Wildman–Crippen LogP) is 5.78. The van der Waals surface area contributed by atoms with Gasteiger partial charge in [0, 0.05) is 16.9 Å². The Kier molecular flexibility index (Phi) is 6.58. The number of hydrogen-bond acceptors (Lipinski definition) is 3. The highest BCUT2D eigenvalue weighted by atomic mass is 32.2. The van der Waals surface area contributed by atoms with Crippen molar-refractivity contribution in [2.45, 2.75) is 69.5 Å². The van der Waals surface area contributed by atoms with Crippen LogP contribution in [0.5, 0.6) is 0 Å². The summed E-state index contributed by atoms with van der Waals surface area (Å²) in [5.41, 5.74) is -1.53. The molecule has 2 atom stereocenters. The third-order valence-corrected chi connectivity index (χ3v) is 6.99. The Hall–Kier alpha value is -1.54. The summed E-state index contributed by atoms with van der Waals surface area (Å²) < 4.78 is 66.3. The highest BCUT2D eigenvalue weighted by Crippen LogP contribution is 2.57. The van der Waals surface area contributed by atoms with E-state index in [1.807, 2.05) is 18.2 Å². The van der Waals surface area contributed by atoms with Crippen molar-refractivity contribution in [3.05, 3.63) is 71.0 Å². The van der Waals surface area contributed by atoms with E-state index in [1.54, 1.807) is 39.8 Å². The molecule has 3 rings (SSSR count). The van der Waals surface area contributed by atoms with Gasteiger partial charge in [-0.25, -0.2) is 4.39 Å². The number of benzene rings is 2. The lowest BCUT2D eigenvalue weighted by molar-refractivity contribution is -0.169. The van der Waals surface area contributed by atoms with Crippen LogP contribution in [-0.4, -0.2) is 14.9 Å². The number of hydrogen-bond donors (Lipinski definition) is 1. The van der Waals surface area contributed by atoms with Crippen LogP contribution in [0.2, 0.25) is 0 Å². The smallest absolute Gasteiger partial charge is 0.304 e. The van der Waals surface area contributed by atoms with Crippen LogP contribution >= 0.6 is 0 Å². The first-order valence-corrected chi connectivity index (χ1v) is 11.2. The Morgan fingerprint density at radius 2 is 1.73 bits per heavy atom. The summed E-state index contributed by atoms with van der Waals surface area (Å²) in [6.07, 6.45) is 0.330. The Morgan fingerprint density at radius 1 is 1.10 bits per heavy atom. The predicted molar refractivity (Wildman–Crippen MR) is 113 cm³/mol. The number of rotatable bonds is 8. The average Bonchev–Trinajstić information content (AvgIpc) is 3.48. The van der Waals surface area contributed by atoms with E-state index in [-0.39, 0.29) is 25.0 Å². The molecule has 1 saturated carbocycles. The summed E-state index contributed by atoms with van der Waals surface area (Å²) >= 11 is -1.46. The van der Waals surface area contributed by atoms with Crippen molar-refractivity contribution >= 4 is 11.4 Å². The first kappa shape index (κ1) is 23.1. The van der Waals surface area contributed by atoms with Gasteiger partial charge in [0.05, 0.1) is 18.2 Å². The van der Waals surface area contributed by atoms with E-state index in [9.17, 15) is 4.55 Å². The Balaban J connectivity index is 1.81. The highest BCUT2D eigenvalue weighted by molar-refractivity contribution is 7.90. The van der Waals surface area contributed by atoms with Gasteiger partial charge in [-0.15, -0.1) is 4.72 Å². The molecule has 1 N–H and O–H groups in total. The molecule has 1 aliphatic rings. The summed E-state index contributed by atoms with van der Waals surface area (Å²) in [6, 6.07) is 12.3. The lowest BCUT2D eigenvalue weighted by Crippen LogP contribution is -2.41. The third kappa shape index (κ3) is 4.69. The maximum Gasteiger partial charge on any atom is 0.304 e. The minimum atomic E-state index is -3.48. The second-order valence-electron chi connectivity index (χ2n) is 8.77. The lowest BCUT2D eigenvalue weighted by atomic mass is 9.96. The molecule has 1 fully saturated rings. The monoisotopic (exact) mass is 439 g/mol. The maximum absolute atomic E-state index is 15.4. The third-order valence-electron chi connectivity index (χ3n) is 5.31. The van der Waals surface area contributed by atoms with Crippen molar-refractivity contribution in [2.75, 3.05) is 0 Å². The SMILES string of the molecule is C[C@@H](N[S+]([O-])C(C)(C)C)c1cccc(C(F)(F)C2(OCc3ccccc3)CC2)c1F. The zero-order valence-electron chi connectivity index (χ0n) is 17.7. The van der Waals surface area contributed by atoms with Gasteiger partial charge in [-0.05, 0) is 52.2 Å². The number of halogens is 3. The fourth-order valence-corrected chi connectivity index (χ4v) is 4.03. The number of ether oxygens (including phenoxy) is 1. The van der Waals surface area contributed by atoms with Crippen LogP contribution in [0, 0.1) is 5.82 Å². The molecule has 30 heavy (non-hydrogen) atoms. The zero-order valence-corrected chi connectivity index (χ0v) is 18.5. The maximum atomic E-state index is 15.4. The van der Waals surface area contributed by atoms with E-state index < -0.39 is 45.1 Å². The van der Waals surface area contributed by atoms with Gasteiger partial charge in [0.15, 0.2) is 0 Å². The van der Waals surface area contributed by atoms with E-state index in [0.717, 1.165) is 11.6 Å². The summed E-state index contributed by atoms with van der Waals surface area (Å²) in [7, 11) is 0. The fraction of sp³-hybridized carbons (Fsp3) is 0.478. The average molecular weight is 440 g/mol. The molecule has 0 aromatic heterocycles. The molecule has 0 bridgehead atoms. The molecule has 1 aliphatic carbocycles. The molecule has 1 unspecified atom stereocenters. The largest absolute Gasteiger partial charge is 0.598 e. The Morgan fingerprint density at radius 3 is 2.30 bits per heavy atom. The van der Waals surface area contributed by atoms with Crippen LogP contribution in [0.15, 0.2) is 48.5 Å². The van der Waals surface area contributed by atoms with Crippen LogP contribution in [0.3, 0.4) is 0 Å². The van der Waals surface area contributed by atoms with Crippen molar-refractivity contribution in [1.82, 2.24) is 4.72 Å². The Labute approximate surface area is 179 Å². The van der Waals surface area contributed by atoms with Crippen molar-refractivity contribution in [3.63, 3.8) is 0 Å². The molecule has 0 spiro atoms. The van der Waals surface area contributed by atoms with Gasteiger partial charge in [0.2, 0.25) is 0 Å². The molecular formula is C23H28F3NO2S. The second kappa shape index (κ2) is 8.54. The van der Waals surface area contributed by atoms with Crippen molar-refractivity contribution in [1.29, 1.82) is 0 Å². The Bertz CT molecular complexity index is 866.